The van der Waals surface area contributed by atoms with Crippen molar-refractivity contribution in [2.24, 2.45) is 0 Å². The van der Waals surface area contributed by atoms with Crippen LogP contribution in [0, 0.1) is 0 Å². The van der Waals surface area contributed by atoms with Crippen molar-refractivity contribution < 1.29 is 32.3 Å². The van der Waals surface area contributed by atoms with Crippen LogP contribution in [0.1, 0.15) is 22.3 Å². The highest BCUT2D eigenvalue weighted by molar-refractivity contribution is 6.36. The van der Waals surface area contributed by atoms with Crippen molar-refractivity contribution in [1.82, 2.24) is 0 Å². The maximum absolute atomic E-state index is 12.7. The van der Waals surface area contributed by atoms with Crippen molar-refractivity contribution in [3.8, 4) is 11.5 Å². The second-order valence-electron chi connectivity index (χ2n) is 5.41. The lowest BCUT2D eigenvalue weighted by atomic mass is 10.0. The van der Waals surface area contributed by atoms with E-state index in [4.69, 9.17) is 9.47 Å². The van der Waals surface area contributed by atoms with E-state index >= 15 is 0 Å². The molecule has 0 fully saturated rings. The molecule has 0 aliphatic rings. The standard InChI is InChI=1S/C19H17BF2O5/c1-25-16-7-3-13(4-8-16)18(24)11-15(23)12-19(27-20(21)22)14-5-9-17(26-2)10-6-14/h3-10,12H,11H2,1-2H3/b19-12-. The summed E-state index contributed by atoms with van der Waals surface area (Å²) in [6.07, 6.45) is 0.425. The highest BCUT2D eigenvalue weighted by atomic mass is 19.2. The highest BCUT2D eigenvalue weighted by Gasteiger charge is 2.21. The third kappa shape index (κ3) is 5.95. The van der Waals surface area contributed by atoms with E-state index in [9.17, 15) is 18.2 Å². The lowest BCUT2D eigenvalue weighted by Gasteiger charge is -2.09. The average Bonchev–Trinajstić information content (AvgIpc) is 2.67. The highest BCUT2D eigenvalue weighted by Crippen LogP contribution is 2.22. The zero-order chi connectivity index (χ0) is 19.8. The molecular formula is C19H17BF2O5. The molecule has 0 bridgehead atoms. The Bertz CT molecular complexity index is 817. The zero-order valence-corrected chi connectivity index (χ0v) is 14.8. The molecule has 0 saturated heterocycles. The topological polar surface area (TPSA) is 61.8 Å². The third-order valence-corrected chi connectivity index (χ3v) is 3.63. The number of rotatable bonds is 9. The fraction of sp³-hybridized carbons (Fsp3) is 0.158. The number of methoxy groups -OCH3 is 2. The Hall–Kier alpha value is -3.16. The fourth-order valence-corrected chi connectivity index (χ4v) is 2.27. The van der Waals surface area contributed by atoms with E-state index < -0.39 is 25.5 Å². The van der Waals surface area contributed by atoms with Gasteiger partial charge in [0.25, 0.3) is 0 Å². The number of Topliss-reactive ketones (excluding diaryl/α,β-unsaturated/α-hetero) is 1. The molecule has 0 aliphatic heterocycles. The summed E-state index contributed by atoms with van der Waals surface area (Å²) in [6.45, 7) is 0. The lowest BCUT2D eigenvalue weighted by molar-refractivity contribution is -0.113. The van der Waals surface area contributed by atoms with Gasteiger partial charge in [-0.3, -0.25) is 9.59 Å². The molecule has 2 rings (SSSR count). The van der Waals surface area contributed by atoms with E-state index in [1.165, 1.54) is 38.5 Å². The molecule has 0 N–H and O–H groups in total. The molecule has 0 radical (unpaired) electrons. The van der Waals surface area contributed by atoms with E-state index in [0.717, 1.165) is 6.08 Å². The molecule has 0 aliphatic carbocycles. The quantitative estimate of drug-likeness (QED) is 0.220. The van der Waals surface area contributed by atoms with Gasteiger partial charge in [0.1, 0.15) is 17.3 Å². The van der Waals surface area contributed by atoms with Gasteiger partial charge >= 0.3 is 7.47 Å². The second-order valence-corrected chi connectivity index (χ2v) is 5.41. The SMILES string of the molecule is COc1ccc(C(=O)CC(=O)/C=C(\OB(F)F)c2ccc(OC)cc2)cc1. The molecule has 0 unspecified atom stereocenters. The summed E-state index contributed by atoms with van der Waals surface area (Å²) in [7, 11) is -0.145. The van der Waals surface area contributed by atoms with Gasteiger partial charge in [0, 0.05) is 17.2 Å². The fourth-order valence-electron chi connectivity index (χ4n) is 2.27. The minimum atomic E-state index is -3.11. The van der Waals surface area contributed by atoms with E-state index in [0.29, 0.717) is 17.1 Å². The van der Waals surface area contributed by atoms with Crippen LogP contribution in [0.4, 0.5) is 8.63 Å². The summed E-state index contributed by atoms with van der Waals surface area (Å²) in [5.74, 6) is -0.312. The van der Waals surface area contributed by atoms with Gasteiger partial charge in [-0.15, -0.1) is 0 Å². The number of allylic oxidation sites excluding steroid dienone is 1. The molecule has 140 valence electrons. The molecule has 27 heavy (non-hydrogen) atoms. The van der Waals surface area contributed by atoms with Gasteiger partial charge in [-0.1, -0.05) is 0 Å². The molecule has 0 atom stereocenters. The number of benzene rings is 2. The van der Waals surface area contributed by atoms with Gasteiger partial charge in [0.05, 0.1) is 20.6 Å². The molecule has 2 aromatic carbocycles. The number of ketones is 2. The van der Waals surface area contributed by atoms with Crippen molar-refractivity contribution in [2.75, 3.05) is 14.2 Å². The van der Waals surface area contributed by atoms with E-state index in [1.807, 2.05) is 0 Å². The van der Waals surface area contributed by atoms with Crippen LogP contribution in [0.5, 0.6) is 11.5 Å². The molecule has 5 nitrogen and oxygen atoms in total. The van der Waals surface area contributed by atoms with Crippen molar-refractivity contribution in [1.29, 1.82) is 0 Å². The largest absolute Gasteiger partial charge is 0.796 e. The van der Waals surface area contributed by atoms with Crippen molar-refractivity contribution in [3.05, 3.63) is 65.7 Å². The smallest absolute Gasteiger partial charge is 0.505 e. The minimum absolute atomic E-state index is 0.265. The molecule has 0 aromatic heterocycles. The normalized spacial score (nSPS) is 10.9. The van der Waals surface area contributed by atoms with Gasteiger partial charge in [-0.25, -0.2) is 8.63 Å². The first-order chi connectivity index (χ1) is 12.9. The van der Waals surface area contributed by atoms with Crippen LogP contribution in [0.2, 0.25) is 0 Å². The van der Waals surface area contributed by atoms with E-state index in [1.54, 1.807) is 24.3 Å². The summed E-state index contributed by atoms with van der Waals surface area (Å²) in [6, 6.07) is 12.3. The minimum Gasteiger partial charge on any atom is -0.505 e. The van der Waals surface area contributed by atoms with E-state index in [-0.39, 0.29) is 11.3 Å². The van der Waals surface area contributed by atoms with Gasteiger partial charge in [0.2, 0.25) is 0 Å². The maximum atomic E-state index is 12.7. The van der Waals surface area contributed by atoms with Gasteiger partial charge in [-0.2, -0.15) is 0 Å². The van der Waals surface area contributed by atoms with Gasteiger partial charge in [-0.05, 0) is 48.5 Å². The summed E-state index contributed by atoms with van der Waals surface area (Å²) >= 11 is 0. The maximum Gasteiger partial charge on any atom is 0.796 e. The molecule has 0 spiro atoms. The van der Waals surface area contributed by atoms with Crippen molar-refractivity contribution >= 4 is 24.8 Å². The molecule has 8 heteroatoms. The molecular weight excluding hydrogens is 357 g/mol. The van der Waals surface area contributed by atoms with Crippen LogP contribution in [0.3, 0.4) is 0 Å². The first-order valence-electron chi connectivity index (χ1n) is 7.94. The predicted molar refractivity (Wildman–Crippen MR) is 97.0 cm³/mol. The Kier molecular flexibility index (Phi) is 7.11. The van der Waals surface area contributed by atoms with Crippen LogP contribution >= 0.6 is 0 Å². The summed E-state index contributed by atoms with van der Waals surface area (Å²) in [5.41, 5.74) is 0.583. The number of carbonyl (C=O) groups is 2. The van der Waals surface area contributed by atoms with Crippen LogP contribution < -0.4 is 9.47 Å². The first-order valence-corrected chi connectivity index (χ1v) is 7.94. The number of ether oxygens (including phenoxy) is 2. The predicted octanol–water partition coefficient (Wildman–Crippen LogP) is 3.83. The van der Waals surface area contributed by atoms with Gasteiger partial charge < -0.3 is 14.1 Å². The lowest BCUT2D eigenvalue weighted by Crippen LogP contribution is -2.09. The van der Waals surface area contributed by atoms with Gasteiger partial charge in [0.15, 0.2) is 11.6 Å². The zero-order valence-electron chi connectivity index (χ0n) is 14.8. The van der Waals surface area contributed by atoms with E-state index in [2.05, 4.69) is 4.65 Å². The summed E-state index contributed by atoms with van der Waals surface area (Å²) in [4.78, 5) is 24.3. The third-order valence-electron chi connectivity index (χ3n) is 3.63. The number of hydrogen-bond donors (Lipinski definition) is 0. The Morgan fingerprint density at radius 1 is 0.889 bits per heavy atom. The monoisotopic (exact) mass is 374 g/mol. The van der Waals surface area contributed by atoms with Crippen LogP contribution in [-0.2, 0) is 9.45 Å². The average molecular weight is 374 g/mol. The van der Waals surface area contributed by atoms with Crippen LogP contribution in [0.15, 0.2) is 54.6 Å². The molecule has 2 aromatic rings. The number of halogens is 2. The Labute approximate surface area is 155 Å². The Morgan fingerprint density at radius 3 is 1.81 bits per heavy atom. The van der Waals surface area contributed by atoms with Crippen molar-refractivity contribution in [2.45, 2.75) is 6.42 Å². The number of carbonyl (C=O) groups excluding carboxylic acids is 2. The summed E-state index contributed by atoms with van der Waals surface area (Å²) < 4.78 is 39.8. The van der Waals surface area contributed by atoms with Crippen LogP contribution in [-0.4, -0.2) is 33.3 Å². The number of hydrogen-bond acceptors (Lipinski definition) is 5. The molecule has 0 saturated carbocycles. The Morgan fingerprint density at radius 2 is 1.37 bits per heavy atom. The first kappa shape index (κ1) is 20.2. The summed E-state index contributed by atoms with van der Waals surface area (Å²) in [5, 5.41) is 0. The second kappa shape index (κ2) is 9.52. The van der Waals surface area contributed by atoms with Crippen LogP contribution in [0.25, 0.3) is 5.76 Å². The Balaban J connectivity index is 2.16. The molecule has 0 amide bonds. The molecule has 0 heterocycles. The van der Waals surface area contributed by atoms with Crippen molar-refractivity contribution in [3.63, 3.8) is 0 Å².